The van der Waals surface area contributed by atoms with Crippen LogP contribution in [-0.4, -0.2) is 22.6 Å². The lowest BCUT2D eigenvalue weighted by Gasteiger charge is -2.09. The summed E-state index contributed by atoms with van der Waals surface area (Å²) in [5, 5.41) is 6.49. The van der Waals surface area contributed by atoms with Gasteiger partial charge >= 0.3 is 6.18 Å². The summed E-state index contributed by atoms with van der Waals surface area (Å²) in [6.45, 7) is 0. The van der Waals surface area contributed by atoms with Gasteiger partial charge in [0, 0.05) is 31.6 Å². The summed E-state index contributed by atoms with van der Waals surface area (Å²) >= 11 is 0. The maximum absolute atomic E-state index is 12.5. The Labute approximate surface area is 129 Å². The van der Waals surface area contributed by atoms with E-state index >= 15 is 0 Å². The summed E-state index contributed by atoms with van der Waals surface area (Å²) in [5.41, 5.74) is -1.39. The molecule has 0 fully saturated rings. The standard InChI is InChI=1S/C15H12F3N3O2/c1-19-8-6-12(22)14-13(23)7-9-21(20-14)11-4-2-10(3-5-11)15(16,17)18/h2-9,19H,1H3/b8-6+. The van der Waals surface area contributed by atoms with Crippen LogP contribution in [-0.2, 0) is 6.18 Å². The number of halogens is 3. The summed E-state index contributed by atoms with van der Waals surface area (Å²) in [6.07, 6.45) is -0.669. The first kappa shape index (κ1) is 16.5. The van der Waals surface area contributed by atoms with E-state index < -0.39 is 23.0 Å². The lowest BCUT2D eigenvalue weighted by Crippen LogP contribution is -2.20. The van der Waals surface area contributed by atoms with Crippen LogP contribution < -0.4 is 10.7 Å². The highest BCUT2D eigenvalue weighted by Gasteiger charge is 2.30. The number of rotatable bonds is 4. The number of alkyl halides is 3. The van der Waals surface area contributed by atoms with Crippen LogP contribution in [0.25, 0.3) is 5.69 Å². The Morgan fingerprint density at radius 1 is 1.22 bits per heavy atom. The number of aromatic nitrogens is 2. The molecule has 0 aliphatic carbocycles. The smallest absolute Gasteiger partial charge is 0.394 e. The van der Waals surface area contributed by atoms with E-state index in [0.29, 0.717) is 5.69 Å². The topological polar surface area (TPSA) is 64.0 Å². The minimum absolute atomic E-state index is 0.296. The molecule has 1 heterocycles. The van der Waals surface area contributed by atoms with Crippen LogP contribution in [0.15, 0.2) is 53.6 Å². The minimum Gasteiger partial charge on any atom is -0.394 e. The van der Waals surface area contributed by atoms with Crippen LogP contribution in [0, 0.1) is 0 Å². The molecule has 0 unspecified atom stereocenters. The van der Waals surface area contributed by atoms with Crippen molar-refractivity contribution >= 4 is 5.78 Å². The second-order valence-electron chi connectivity index (χ2n) is 4.50. The second-order valence-corrected chi connectivity index (χ2v) is 4.50. The third-order valence-electron chi connectivity index (χ3n) is 2.90. The zero-order valence-electron chi connectivity index (χ0n) is 12.0. The number of nitrogens with one attached hydrogen (secondary N) is 1. The fraction of sp³-hybridized carbons (Fsp3) is 0.133. The average Bonchev–Trinajstić information content (AvgIpc) is 2.52. The number of hydrogen-bond acceptors (Lipinski definition) is 4. The molecule has 0 aliphatic heterocycles. The van der Waals surface area contributed by atoms with E-state index in [1.54, 1.807) is 7.05 Å². The Hall–Kier alpha value is -2.90. The number of benzene rings is 1. The van der Waals surface area contributed by atoms with Crippen molar-refractivity contribution < 1.29 is 18.0 Å². The molecule has 0 amide bonds. The lowest BCUT2D eigenvalue weighted by atomic mass is 10.2. The molecule has 0 saturated carbocycles. The summed E-state index contributed by atoms with van der Waals surface area (Å²) in [6, 6.07) is 5.34. The predicted octanol–water partition coefficient (Wildman–Crippen LogP) is 2.17. The highest BCUT2D eigenvalue weighted by Crippen LogP contribution is 2.29. The summed E-state index contributed by atoms with van der Waals surface area (Å²) in [4.78, 5) is 23.5. The molecule has 5 nitrogen and oxygen atoms in total. The fourth-order valence-electron chi connectivity index (χ4n) is 1.76. The third kappa shape index (κ3) is 3.85. The van der Waals surface area contributed by atoms with Gasteiger partial charge in [-0.1, -0.05) is 0 Å². The summed E-state index contributed by atoms with van der Waals surface area (Å²) in [7, 11) is 1.59. The van der Waals surface area contributed by atoms with Gasteiger partial charge in [0.2, 0.25) is 11.2 Å². The highest BCUT2D eigenvalue weighted by atomic mass is 19.4. The number of carbonyl (C=O) groups excluding carboxylic acids is 1. The molecule has 0 atom stereocenters. The van der Waals surface area contributed by atoms with Crippen molar-refractivity contribution in [3.05, 3.63) is 70.3 Å². The quantitative estimate of drug-likeness (QED) is 0.692. The summed E-state index contributed by atoms with van der Waals surface area (Å²) < 4.78 is 38.8. The van der Waals surface area contributed by atoms with E-state index in [1.807, 2.05) is 0 Å². The molecule has 120 valence electrons. The average molecular weight is 323 g/mol. The van der Waals surface area contributed by atoms with Crippen LogP contribution in [0.2, 0.25) is 0 Å². The number of carbonyl (C=O) groups is 1. The van der Waals surface area contributed by atoms with Gasteiger partial charge in [-0.2, -0.15) is 18.3 Å². The predicted molar refractivity (Wildman–Crippen MR) is 77.4 cm³/mol. The maximum atomic E-state index is 12.5. The first-order valence-electron chi connectivity index (χ1n) is 6.48. The van der Waals surface area contributed by atoms with Gasteiger partial charge < -0.3 is 5.32 Å². The molecule has 0 bridgehead atoms. The SMILES string of the molecule is CN/C=C/C(=O)c1nn(-c2ccc(C(F)(F)F)cc2)ccc1=O. The molecule has 2 rings (SSSR count). The molecule has 0 spiro atoms. The van der Waals surface area contributed by atoms with Gasteiger partial charge in [-0.3, -0.25) is 9.59 Å². The first-order valence-corrected chi connectivity index (χ1v) is 6.48. The first-order chi connectivity index (χ1) is 10.8. The van der Waals surface area contributed by atoms with Gasteiger partial charge in [-0.25, -0.2) is 4.68 Å². The Bertz CT molecular complexity index is 793. The lowest BCUT2D eigenvalue weighted by molar-refractivity contribution is -0.137. The molecule has 1 N–H and O–H groups in total. The Morgan fingerprint density at radius 2 is 1.87 bits per heavy atom. The van der Waals surface area contributed by atoms with Gasteiger partial charge in [0.1, 0.15) is 0 Å². The van der Waals surface area contributed by atoms with Gasteiger partial charge in [0.25, 0.3) is 0 Å². The van der Waals surface area contributed by atoms with Crippen LogP contribution in [0.3, 0.4) is 0 Å². The van der Waals surface area contributed by atoms with Gasteiger partial charge in [-0.05, 0) is 24.3 Å². The number of hydrogen-bond donors (Lipinski definition) is 1. The van der Waals surface area contributed by atoms with Crippen molar-refractivity contribution in [2.45, 2.75) is 6.18 Å². The van der Waals surface area contributed by atoms with Gasteiger partial charge in [0.15, 0.2) is 5.69 Å². The van der Waals surface area contributed by atoms with Crippen molar-refractivity contribution in [2.24, 2.45) is 0 Å². The van der Waals surface area contributed by atoms with E-state index in [1.165, 1.54) is 29.2 Å². The van der Waals surface area contributed by atoms with Crippen molar-refractivity contribution in [1.29, 1.82) is 0 Å². The van der Waals surface area contributed by atoms with Crippen molar-refractivity contribution in [3.63, 3.8) is 0 Å². The second kappa shape index (κ2) is 6.47. The third-order valence-corrected chi connectivity index (χ3v) is 2.90. The van der Waals surface area contributed by atoms with E-state index in [4.69, 9.17) is 0 Å². The summed E-state index contributed by atoms with van der Waals surface area (Å²) in [5.74, 6) is -0.606. The molecule has 0 saturated heterocycles. The largest absolute Gasteiger partial charge is 0.416 e. The van der Waals surface area contributed by atoms with E-state index in [0.717, 1.165) is 24.3 Å². The van der Waals surface area contributed by atoms with Crippen LogP contribution >= 0.6 is 0 Å². The Kier molecular flexibility index (Phi) is 4.63. The van der Waals surface area contributed by atoms with E-state index in [2.05, 4.69) is 10.4 Å². The van der Waals surface area contributed by atoms with Gasteiger partial charge in [0.05, 0.1) is 11.3 Å². The molecular formula is C15H12F3N3O2. The van der Waals surface area contributed by atoms with Gasteiger partial charge in [-0.15, -0.1) is 0 Å². The Balaban J connectivity index is 2.39. The monoisotopic (exact) mass is 323 g/mol. The molecular weight excluding hydrogens is 311 g/mol. The maximum Gasteiger partial charge on any atom is 0.416 e. The molecule has 2 aromatic rings. The molecule has 8 heteroatoms. The van der Waals surface area contributed by atoms with Crippen LogP contribution in [0.5, 0.6) is 0 Å². The van der Waals surface area contributed by atoms with Crippen LogP contribution in [0.4, 0.5) is 13.2 Å². The van der Waals surface area contributed by atoms with Crippen LogP contribution in [0.1, 0.15) is 16.1 Å². The van der Waals surface area contributed by atoms with E-state index in [-0.39, 0.29) is 5.69 Å². The highest BCUT2D eigenvalue weighted by molar-refractivity contribution is 6.02. The molecule has 0 aliphatic rings. The molecule has 0 radical (unpaired) electrons. The van der Waals surface area contributed by atoms with Crippen molar-refractivity contribution in [3.8, 4) is 5.69 Å². The zero-order chi connectivity index (χ0) is 17.0. The minimum atomic E-state index is -4.44. The molecule has 1 aromatic carbocycles. The molecule has 1 aromatic heterocycles. The molecule has 23 heavy (non-hydrogen) atoms. The van der Waals surface area contributed by atoms with Crippen molar-refractivity contribution in [2.75, 3.05) is 7.05 Å². The van der Waals surface area contributed by atoms with Crippen molar-refractivity contribution in [1.82, 2.24) is 15.1 Å². The number of allylic oxidation sites excluding steroid dienone is 1. The normalized spacial score (nSPS) is 11.7. The zero-order valence-corrected chi connectivity index (χ0v) is 12.0. The fourth-order valence-corrected chi connectivity index (χ4v) is 1.76. The number of ketones is 1. The Morgan fingerprint density at radius 3 is 2.43 bits per heavy atom. The number of nitrogens with zero attached hydrogens (tertiary/aromatic N) is 2. The van der Waals surface area contributed by atoms with E-state index in [9.17, 15) is 22.8 Å².